The normalized spacial score (nSPS) is 16.4. The Labute approximate surface area is 216 Å². The molecule has 3 N–H and O–H groups in total. The summed E-state index contributed by atoms with van der Waals surface area (Å²) < 4.78 is 2.00. The summed E-state index contributed by atoms with van der Waals surface area (Å²) in [5.74, 6) is 1.56. The van der Waals surface area contributed by atoms with Crippen molar-refractivity contribution in [3.05, 3.63) is 54.7 Å². The van der Waals surface area contributed by atoms with Crippen molar-refractivity contribution in [2.24, 2.45) is 0 Å². The highest BCUT2D eigenvalue weighted by atomic mass is 16.1. The summed E-state index contributed by atoms with van der Waals surface area (Å²) in [5, 5.41) is 15.1. The van der Waals surface area contributed by atoms with Gasteiger partial charge in [-0.2, -0.15) is 5.10 Å². The molecule has 0 radical (unpaired) electrons. The van der Waals surface area contributed by atoms with Gasteiger partial charge in [-0.15, -0.1) is 0 Å². The number of benzene rings is 1. The standard InChI is InChI=1S/C29H33N7O/c1-19(37)31-23-12-6-7-20(17-23)26-18-27-24(13-14-28(36(27)35-26)32-21-8-2-3-9-21)25-15-16-30-29(34-25)33-22-10-4-5-11-22/h6-7,12-18,21-22,32H,2-5,8-11H2,1H3,(H,31,37)(H,30,33,34). The van der Waals surface area contributed by atoms with Gasteiger partial charge in [0.05, 0.1) is 16.9 Å². The third-order valence-corrected chi connectivity index (χ3v) is 7.43. The van der Waals surface area contributed by atoms with Crippen LogP contribution in [0.15, 0.2) is 54.7 Å². The van der Waals surface area contributed by atoms with Crippen LogP contribution in [0.2, 0.25) is 0 Å². The average molecular weight is 496 g/mol. The Kier molecular flexibility index (Phi) is 6.47. The lowest BCUT2D eigenvalue weighted by Crippen LogP contribution is -2.17. The highest BCUT2D eigenvalue weighted by Crippen LogP contribution is 2.32. The maximum atomic E-state index is 11.6. The highest BCUT2D eigenvalue weighted by Gasteiger charge is 2.20. The number of carbonyl (C=O) groups is 1. The molecule has 0 bridgehead atoms. The predicted molar refractivity (Wildman–Crippen MR) is 148 cm³/mol. The van der Waals surface area contributed by atoms with E-state index in [1.807, 2.05) is 41.0 Å². The lowest BCUT2D eigenvalue weighted by molar-refractivity contribution is -0.114. The molecule has 2 fully saturated rings. The molecule has 8 heteroatoms. The molecule has 0 saturated heterocycles. The summed E-state index contributed by atoms with van der Waals surface area (Å²) in [6.07, 6.45) is 11.6. The summed E-state index contributed by atoms with van der Waals surface area (Å²) >= 11 is 0. The van der Waals surface area contributed by atoms with Crippen LogP contribution >= 0.6 is 0 Å². The van der Waals surface area contributed by atoms with Gasteiger partial charge in [0.15, 0.2) is 0 Å². The quantitative estimate of drug-likeness (QED) is 0.286. The van der Waals surface area contributed by atoms with Gasteiger partial charge in [0.25, 0.3) is 0 Å². The van der Waals surface area contributed by atoms with Gasteiger partial charge in [-0.25, -0.2) is 14.5 Å². The number of pyridine rings is 1. The van der Waals surface area contributed by atoms with Crippen LogP contribution in [-0.4, -0.2) is 37.6 Å². The third kappa shape index (κ3) is 5.14. The first-order valence-corrected chi connectivity index (χ1v) is 13.4. The number of rotatable bonds is 7. The Morgan fingerprint density at radius 1 is 0.892 bits per heavy atom. The van der Waals surface area contributed by atoms with Gasteiger partial charge in [-0.3, -0.25) is 4.79 Å². The number of hydrogen-bond acceptors (Lipinski definition) is 6. The number of nitrogens with zero attached hydrogens (tertiary/aromatic N) is 4. The Hall–Kier alpha value is -3.94. The van der Waals surface area contributed by atoms with E-state index in [2.05, 4.69) is 39.1 Å². The molecule has 4 aromatic rings. The summed E-state index contributed by atoms with van der Waals surface area (Å²) in [7, 11) is 0. The smallest absolute Gasteiger partial charge is 0.223 e. The fraction of sp³-hybridized carbons (Fsp3) is 0.379. The number of nitrogens with one attached hydrogen (secondary N) is 3. The van der Waals surface area contributed by atoms with Crippen molar-refractivity contribution in [1.82, 2.24) is 19.6 Å². The molecule has 2 aliphatic rings. The van der Waals surface area contributed by atoms with Gasteiger partial charge >= 0.3 is 0 Å². The van der Waals surface area contributed by atoms with E-state index in [4.69, 9.17) is 10.1 Å². The first kappa shape index (κ1) is 23.5. The number of aromatic nitrogens is 4. The fourth-order valence-electron chi connectivity index (χ4n) is 5.61. The largest absolute Gasteiger partial charge is 0.367 e. The van der Waals surface area contributed by atoms with Crippen LogP contribution in [0.3, 0.4) is 0 Å². The maximum Gasteiger partial charge on any atom is 0.223 e. The summed E-state index contributed by atoms with van der Waals surface area (Å²) in [4.78, 5) is 21.0. The SMILES string of the molecule is CC(=O)Nc1cccc(-c2cc3c(-c4ccnc(NC5CCCC5)n4)ccc(NC4CCCC4)n3n2)c1. The molecule has 2 aliphatic carbocycles. The molecule has 0 spiro atoms. The summed E-state index contributed by atoms with van der Waals surface area (Å²) in [5.41, 5.74) is 5.39. The highest BCUT2D eigenvalue weighted by molar-refractivity contribution is 5.90. The number of carbonyl (C=O) groups excluding carboxylic acids is 1. The monoisotopic (exact) mass is 495 g/mol. The molecule has 3 aromatic heterocycles. The first-order chi connectivity index (χ1) is 18.1. The van der Waals surface area contributed by atoms with Crippen molar-refractivity contribution in [3.8, 4) is 22.5 Å². The molecule has 8 nitrogen and oxygen atoms in total. The number of fused-ring (bicyclic) bond motifs is 1. The zero-order valence-electron chi connectivity index (χ0n) is 21.2. The fourth-order valence-corrected chi connectivity index (χ4v) is 5.61. The van der Waals surface area contributed by atoms with Crippen molar-refractivity contribution in [2.45, 2.75) is 70.4 Å². The van der Waals surface area contributed by atoms with Crippen LogP contribution < -0.4 is 16.0 Å². The zero-order chi connectivity index (χ0) is 25.2. The van der Waals surface area contributed by atoms with E-state index < -0.39 is 0 Å². The van der Waals surface area contributed by atoms with E-state index in [1.165, 1.54) is 58.3 Å². The van der Waals surface area contributed by atoms with Crippen LogP contribution in [0.5, 0.6) is 0 Å². The van der Waals surface area contributed by atoms with Crippen molar-refractivity contribution in [1.29, 1.82) is 0 Å². The van der Waals surface area contributed by atoms with Crippen molar-refractivity contribution in [3.63, 3.8) is 0 Å². The van der Waals surface area contributed by atoms with Crippen LogP contribution in [0.1, 0.15) is 58.3 Å². The lowest BCUT2D eigenvalue weighted by Gasteiger charge is -2.16. The minimum atomic E-state index is -0.0942. The van der Waals surface area contributed by atoms with E-state index in [-0.39, 0.29) is 5.91 Å². The Bertz CT molecular complexity index is 1420. The van der Waals surface area contributed by atoms with E-state index in [1.54, 1.807) is 0 Å². The van der Waals surface area contributed by atoms with Gasteiger partial charge in [0.1, 0.15) is 5.82 Å². The van der Waals surface area contributed by atoms with Crippen molar-refractivity contribution in [2.75, 3.05) is 16.0 Å². The van der Waals surface area contributed by atoms with Crippen LogP contribution in [0, 0.1) is 0 Å². The van der Waals surface area contributed by atoms with E-state index in [0.717, 1.165) is 39.5 Å². The molecule has 37 heavy (non-hydrogen) atoms. The maximum absolute atomic E-state index is 11.6. The van der Waals surface area contributed by atoms with Gasteiger partial charge in [0, 0.05) is 42.0 Å². The van der Waals surface area contributed by atoms with Crippen LogP contribution in [0.25, 0.3) is 28.0 Å². The molecule has 1 aromatic carbocycles. The molecular formula is C29H33N7O. The number of anilines is 3. The topological polar surface area (TPSA) is 96.2 Å². The molecule has 2 saturated carbocycles. The third-order valence-electron chi connectivity index (χ3n) is 7.43. The molecule has 0 unspecified atom stereocenters. The summed E-state index contributed by atoms with van der Waals surface area (Å²) in [6.45, 7) is 1.52. The second kappa shape index (κ2) is 10.2. The average Bonchev–Trinajstić information content (AvgIpc) is 3.67. The Morgan fingerprint density at radius 3 is 2.41 bits per heavy atom. The molecular weight excluding hydrogens is 462 g/mol. The van der Waals surface area contributed by atoms with Crippen molar-refractivity contribution < 1.29 is 4.79 Å². The number of amides is 1. The van der Waals surface area contributed by atoms with Gasteiger partial charge in [-0.05, 0) is 62.1 Å². The summed E-state index contributed by atoms with van der Waals surface area (Å²) in [6, 6.07) is 17.0. The molecule has 3 heterocycles. The predicted octanol–water partition coefficient (Wildman–Crippen LogP) is 6.13. The molecule has 6 rings (SSSR count). The second-order valence-electron chi connectivity index (χ2n) is 10.2. The van der Waals surface area contributed by atoms with Crippen LogP contribution in [-0.2, 0) is 4.79 Å². The minimum absolute atomic E-state index is 0.0942. The molecule has 0 aliphatic heterocycles. The second-order valence-corrected chi connectivity index (χ2v) is 10.2. The molecule has 1 amide bonds. The number of hydrogen-bond donors (Lipinski definition) is 3. The van der Waals surface area contributed by atoms with E-state index in [9.17, 15) is 4.79 Å². The lowest BCUT2D eigenvalue weighted by atomic mass is 10.1. The van der Waals surface area contributed by atoms with Crippen molar-refractivity contribution >= 4 is 28.9 Å². The Morgan fingerprint density at radius 2 is 1.65 bits per heavy atom. The van der Waals surface area contributed by atoms with E-state index in [0.29, 0.717) is 18.0 Å². The molecule has 0 atom stereocenters. The zero-order valence-corrected chi connectivity index (χ0v) is 21.2. The minimum Gasteiger partial charge on any atom is -0.367 e. The first-order valence-electron chi connectivity index (χ1n) is 13.4. The molecule has 190 valence electrons. The van der Waals surface area contributed by atoms with Gasteiger partial charge in [-0.1, -0.05) is 37.8 Å². The van der Waals surface area contributed by atoms with E-state index >= 15 is 0 Å². The Balaban J connectivity index is 1.41. The van der Waals surface area contributed by atoms with Gasteiger partial charge < -0.3 is 16.0 Å². The van der Waals surface area contributed by atoms with Crippen LogP contribution in [0.4, 0.5) is 17.5 Å². The van der Waals surface area contributed by atoms with Gasteiger partial charge in [0.2, 0.25) is 11.9 Å².